The minimum Gasteiger partial charge on any atom is -0.459 e. The van der Waals surface area contributed by atoms with Gasteiger partial charge >= 0.3 is 5.97 Å². The van der Waals surface area contributed by atoms with Gasteiger partial charge in [0.1, 0.15) is 29.9 Å². The van der Waals surface area contributed by atoms with Crippen LogP contribution in [0.15, 0.2) is 29.2 Å². The summed E-state index contributed by atoms with van der Waals surface area (Å²) in [6, 6.07) is 4.51. The standard InChI is InChI=1S/C18H15F2N3O4S/c1-11(24)23(16-4-3-13(19)8-15(16)20)18-22-14(10-28-18)7-12(9-21)17(25)27-6-5-26-2/h3-4,7-8,10H,5-6H2,1-2H3/b12-7+. The molecule has 28 heavy (non-hydrogen) atoms. The molecule has 0 saturated carbocycles. The van der Waals surface area contributed by atoms with Crippen LogP contribution in [0.5, 0.6) is 0 Å². The summed E-state index contributed by atoms with van der Waals surface area (Å²) in [5, 5.41) is 10.7. The number of halogens is 2. The van der Waals surface area contributed by atoms with Gasteiger partial charge in [0.05, 0.1) is 18.0 Å². The predicted molar refractivity (Wildman–Crippen MR) is 97.7 cm³/mol. The van der Waals surface area contributed by atoms with Crippen LogP contribution in [0, 0.1) is 23.0 Å². The van der Waals surface area contributed by atoms with Gasteiger partial charge in [-0.2, -0.15) is 5.26 Å². The summed E-state index contributed by atoms with van der Waals surface area (Å²) in [5.74, 6) is -3.10. The van der Waals surface area contributed by atoms with Crippen molar-refractivity contribution in [2.24, 2.45) is 0 Å². The van der Waals surface area contributed by atoms with Gasteiger partial charge in [-0.1, -0.05) is 0 Å². The first-order valence-electron chi connectivity index (χ1n) is 7.86. The molecule has 2 aromatic rings. The van der Waals surface area contributed by atoms with Crippen molar-refractivity contribution in [3.63, 3.8) is 0 Å². The van der Waals surface area contributed by atoms with Gasteiger partial charge in [-0.05, 0) is 18.2 Å². The van der Waals surface area contributed by atoms with Crippen molar-refractivity contribution in [3.05, 3.63) is 46.5 Å². The number of ether oxygens (including phenoxy) is 2. The third-order valence-corrected chi connectivity index (χ3v) is 4.16. The lowest BCUT2D eigenvalue weighted by Crippen LogP contribution is -2.23. The van der Waals surface area contributed by atoms with Crippen LogP contribution >= 0.6 is 11.3 Å². The first kappa shape index (κ1) is 21.1. The summed E-state index contributed by atoms with van der Waals surface area (Å²) in [5.41, 5.74) is -0.262. The third kappa shape index (κ3) is 5.18. The number of esters is 1. The number of amides is 1. The van der Waals surface area contributed by atoms with Crippen LogP contribution in [0.2, 0.25) is 0 Å². The van der Waals surface area contributed by atoms with Gasteiger partial charge in [0.25, 0.3) is 0 Å². The Bertz CT molecular complexity index is 953. The Balaban J connectivity index is 2.30. The maximum atomic E-state index is 14.1. The van der Waals surface area contributed by atoms with Gasteiger partial charge in [-0.15, -0.1) is 11.3 Å². The highest BCUT2D eigenvalue weighted by molar-refractivity contribution is 7.14. The number of anilines is 2. The number of aromatic nitrogens is 1. The highest BCUT2D eigenvalue weighted by atomic mass is 32.1. The Labute approximate surface area is 163 Å². The van der Waals surface area contributed by atoms with E-state index in [0.717, 1.165) is 28.4 Å². The Morgan fingerprint density at radius 1 is 1.36 bits per heavy atom. The van der Waals surface area contributed by atoms with E-state index in [2.05, 4.69) is 4.98 Å². The Hall–Kier alpha value is -3.16. The average molecular weight is 407 g/mol. The lowest BCUT2D eigenvalue weighted by Gasteiger charge is -2.18. The maximum Gasteiger partial charge on any atom is 0.349 e. The summed E-state index contributed by atoms with van der Waals surface area (Å²) < 4.78 is 36.9. The smallest absolute Gasteiger partial charge is 0.349 e. The number of benzene rings is 1. The molecule has 0 radical (unpaired) electrons. The SMILES string of the molecule is COCCOC(=O)/C(C#N)=C/c1csc(N(C(C)=O)c2ccc(F)cc2F)n1. The maximum absolute atomic E-state index is 14.1. The van der Waals surface area contributed by atoms with Gasteiger partial charge in [0.15, 0.2) is 5.13 Å². The van der Waals surface area contributed by atoms with Crippen LogP contribution in [0.4, 0.5) is 19.6 Å². The number of thiazole rings is 1. The third-order valence-electron chi connectivity index (χ3n) is 3.32. The van der Waals surface area contributed by atoms with Crippen molar-refractivity contribution in [1.82, 2.24) is 4.98 Å². The minimum atomic E-state index is -0.929. The number of nitrogens with zero attached hydrogens (tertiary/aromatic N) is 3. The van der Waals surface area contributed by atoms with Crippen molar-refractivity contribution in [3.8, 4) is 6.07 Å². The number of rotatable bonds is 7. The molecule has 146 valence electrons. The quantitative estimate of drug-likeness (QED) is 0.303. The molecule has 0 aliphatic rings. The van der Waals surface area contributed by atoms with E-state index in [0.29, 0.717) is 6.07 Å². The van der Waals surface area contributed by atoms with E-state index in [-0.39, 0.29) is 35.3 Å². The summed E-state index contributed by atoms with van der Waals surface area (Å²) in [7, 11) is 1.44. The number of methoxy groups -OCH3 is 1. The summed E-state index contributed by atoms with van der Waals surface area (Å²) in [6.45, 7) is 1.37. The van der Waals surface area contributed by atoms with Crippen LogP contribution in [0.1, 0.15) is 12.6 Å². The fourth-order valence-electron chi connectivity index (χ4n) is 2.10. The van der Waals surface area contributed by atoms with Gasteiger partial charge in [-0.3, -0.25) is 9.69 Å². The summed E-state index contributed by atoms with van der Waals surface area (Å²) in [4.78, 5) is 29.0. The zero-order valence-corrected chi connectivity index (χ0v) is 15.8. The van der Waals surface area contributed by atoms with Crippen molar-refractivity contribution in [2.45, 2.75) is 6.92 Å². The molecular weight excluding hydrogens is 392 g/mol. The second kappa shape index (κ2) is 9.68. The zero-order chi connectivity index (χ0) is 20.7. The van der Waals surface area contributed by atoms with Crippen LogP contribution in [0.3, 0.4) is 0 Å². The van der Waals surface area contributed by atoms with Crippen LogP contribution in [-0.2, 0) is 19.1 Å². The largest absolute Gasteiger partial charge is 0.459 e. The molecule has 1 amide bonds. The number of carbonyl (C=O) groups excluding carboxylic acids is 2. The van der Waals surface area contributed by atoms with Gasteiger partial charge in [-0.25, -0.2) is 18.6 Å². The van der Waals surface area contributed by atoms with E-state index in [9.17, 15) is 18.4 Å². The predicted octanol–water partition coefficient (Wildman–Crippen LogP) is 3.20. The van der Waals surface area contributed by atoms with Crippen molar-refractivity contribution >= 4 is 40.1 Å². The van der Waals surface area contributed by atoms with Crippen LogP contribution in [0.25, 0.3) is 6.08 Å². The molecule has 1 aromatic carbocycles. The van der Waals surface area contributed by atoms with Gasteiger partial charge in [0, 0.05) is 25.5 Å². The molecule has 1 aromatic heterocycles. The first-order chi connectivity index (χ1) is 13.4. The first-order valence-corrected chi connectivity index (χ1v) is 8.74. The second-order valence-electron chi connectivity index (χ2n) is 5.30. The molecule has 0 bridgehead atoms. The molecule has 0 N–H and O–H groups in total. The second-order valence-corrected chi connectivity index (χ2v) is 6.14. The van der Waals surface area contributed by atoms with Crippen LogP contribution in [-0.4, -0.2) is 37.2 Å². The molecule has 0 saturated heterocycles. The fraction of sp³-hybridized carbons (Fsp3) is 0.222. The van der Waals surface area contributed by atoms with E-state index in [1.165, 1.54) is 25.5 Å². The normalized spacial score (nSPS) is 11.0. The minimum absolute atomic E-state index is 0.0153. The van der Waals surface area contributed by atoms with E-state index >= 15 is 0 Å². The van der Waals surface area contributed by atoms with Gasteiger partial charge < -0.3 is 9.47 Å². The molecule has 0 aliphatic heterocycles. The molecule has 2 rings (SSSR count). The monoisotopic (exact) mass is 407 g/mol. The molecule has 0 spiro atoms. The molecule has 0 unspecified atom stereocenters. The number of nitriles is 1. The Morgan fingerprint density at radius 3 is 2.71 bits per heavy atom. The molecule has 0 fully saturated rings. The Morgan fingerprint density at radius 2 is 2.11 bits per heavy atom. The number of hydrogen-bond donors (Lipinski definition) is 0. The van der Waals surface area contributed by atoms with Crippen molar-refractivity contribution in [2.75, 3.05) is 25.2 Å². The van der Waals surface area contributed by atoms with Crippen LogP contribution < -0.4 is 4.90 Å². The van der Waals surface area contributed by atoms with E-state index in [4.69, 9.17) is 14.7 Å². The number of hydrogen-bond acceptors (Lipinski definition) is 7. The molecule has 0 atom stereocenters. The lowest BCUT2D eigenvalue weighted by atomic mass is 10.2. The molecule has 0 aliphatic carbocycles. The molecule has 7 nitrogen and oxygen atoms in total. The summed E-state index contributed by atoms with van der Waals surface area (Å²) >= 11 is 0.987. The average Bonchev–Trinajstić information content (AvgIpc) is 3.09. The number of carbonyl (C=O) groups is 2. The van der Waals surface area contributed by atoms with E-state index in [1.807, 2.05) is 0 Å². The van der Waals surface area contributed by atoms with Crippen molar-refractivity contribution in [1.29, 1.82) is 5.26 Å². The lowest BCUT2D eigenvalue weighted by molar-refractivity contribution is -0.139. The highest BCUT2D eigenvalue weighted by Gasteiger charge is 2.22. The molecular formula is C18H15F2N3O4S. The van der Waals surface area contributed by atoms with E-state index < -0.39 is 23.5 Å². The van der Waals surface area contributed by atoms with Crippen molar-refractivity contribution < 1.29 is 27.8 Å². The summed E-state index contributed by atoms with van der Waals surface area (Å²) in [6.07, 6.45) is 1.19. The molecule has 10 heteroatoms. The Kier molecular flexibility index (Phi) is 7.31. The zero-order valence-electron chi connectivity index (χ0n) is 14.9. The van der Waals surface area contributed by atoms with Gasteiger partial charge in [0.2, 0.25) is 5.91 Å². The highest BCUT2D eigenvalue weighted by Crippen LogP contribution is 2.31. The topological polar surface area (TPSA) is 92.5 Å². The fourth-order valence-corrected chi connectivity index (χ4v) is 2.93. The molecule has 1 heterocycles. The van der Waals surface area contributed by atoms with E-state index in [1.54, 1.807) is 6.07 Å².